The Bertz CT molecular complexity index is 1310. The van der Waals surface area contributed by atoms with E-state index in [9.17, 15) is 22.7 Å². The first-order valence-electron chi connectivity index (χ1n) is 10.7. The monoisotopic (exact) mass is 478 g/mol. The van der Waals surface area contributed by atoms with Crippen LogP contribution in [0.4, 0.5) is 23.2 Å². The number of piperidine rings is 1. The topological polar surface area (TPSA) is 101 Å². The number of anilines is 1. The molecule has 4 aromatic rings. The number of halogens is 4. The van der Waals surface area contributed by atoms with Crippen molar-refractivity contribution in [1.82, 2.24) is 34.7 Å². The van der Waals surface area contributed by atoms with Gasteiger partial charge in [-0.05, 0) is 31.9 Å². The molecule has 2 atom stereocenters. The minimum Gasteiger partial charge on any atom is -0.393 e. The number of rotatable bonds is 4. The third-order valence-electron chi connectivity index (χ3n) is 6.06. The van der Waals surface area contributed by atoms with Gasteiger partial charge in [0.2, 0.25) is 0 Å². The Balaban J connectivity index is 1.83. The Labute approximate surface area is 191 Å². The number of fused-ring (bicyclic) bond motifs is 1. The molecule has 13 heteroatoms. The number of hydrogen-bond donors (Lipinski definition) is 2. The van der Waals surface area contributed by atoms with Crippen molar-refractivity contribution in [3.8, 4) is 22.8 Å². The van der Waals surface area contributed by atoms with Gasteiger partial charge in [0.25, 0.3) is 0 Å². The summed E-state index contributed by atoms with van der Waals surface area (Å²) in [6, 6.07) is 2.98. The van der Waals surface area contributed by atoms with Crippen LogP contribution in [0.25, 0.3) is 33.8 Å². The van der Waals surface area contributed by atoms with E-state index in [0.717, 1.165) is 10.9 Å². The average Bonchev–Trinajstić information content (AvgIpc) is 3.46. The van der Waals surface area contributed by atoms with Crippen molar-refractivity contribution in [3.63, 3.8) is 0 Å². The Kier molecular flexibility index (Phi) is 5.30. The first kappa shape index (κ1) is 22.3. The summed E-state index contributed by atoms with van der Waals surface area (Å²) >= 11 is 0. The van der Waals surface area contributed by atoms with Gasteiger partial charge in [0.15, 0.2) is 5.82 Å². The average molecular weight is 478 g/mol. The largest absolute Gasteiger partial charge is 0.408 e. The summed E-state index contributed by atoms with van der Waals surface area (Å²) in [4.78, 5) is 6.48. The highest BCUT2D eigenvalue weighted by atomic mass is 19.4. The predicted octanol–water partition coefficient (Wildman–Crippen LogP) is 3.27. The van der Waals surface area contributed by atoms with Gasteiger partial charge in [-0.1, -0.05) is 0 Å². The molecule has 0 unspecified atom stereocenters. The summed E-state index contributed by atoms with van der Waals surface area (Å²) in [5, 5.41) is 24.9. The van der Waals surface area contributed by atoms with Gasteiger partial charge in [0, 0.05) is 25.8 Å². The number of aryl methyl sites for hydroxylation is 1. The molecule has 0 radical (unpaired) electrons. The maximum Gasteiger partial charge on any atom is 0.408 e. The third kappa shape index (κ3) is 3.89. The van der Waals surface area contributed by atoms with Crippen LogP contribution in [-0.2, 0) is 13.6 Å². The number of aromatic nitrogens is 7. The second kappa shape index (κ2) is 8.08. The van der Waals surface area contributed by atoms with Crippen LogP contribution in [-0.4, -0.2) is 64.7 Å². The molecule has 180 valence electrons. The van der Waals surface area contributed by atoms with Crippen LogP contribution < -0.4 is 4.90 Å². The molecule has 0 spiro atoms. The molecule has 0 amide bonds. The van der Waals surface area contributed by atoms with Crippen molar-refractivity contribution in [3.05, 3.63) is 30.3 Å². The van der Waals surface area contributed by atoms with Gasteiger partial charge < -0.3 is 10.0 Å². The van der Waals surface area contributed by atoms with Crippen molar-refractivity contribution in [2.45, 2.75) is 44.6 Å². The SMILES string of the molecule is C[C@@H]1C[C@H](O)CCN1c1cc(-c2c(F)cnn2C)nc2c(-c3ccn[nH]3)nn(CC(F)(F)F)c12. The van der Waals surface area contributed by atoms with Crippen LogP contribution in [0.5, 0.6) is 0 Å². The summed E-state index contributed by atoms with van der Waals surface area (Å²) in [7, 11) is 1.56. The molecular formula is C21H22F4N8O. The number of aromatic amines is 1. The maximum absolute atomic E-state index is 14.6. The van der Waals surface area contributed by atoms with E-state index in [1.807, 2.05) is 11.8 Å². The fourth-order valence-electron chi connectivity index (χ4n) is 4.56. The number of alkyl halides is 3. The molecule has 1 saturated heterocycles. The fraction of sp³-hybridized carbons (Fsp3) is 0.429. The molecule has 4 aromatic heterocycles. The predicted molar refractivity (Wildman–Crippen MR) is 115 cm³/mol. The van der Waals surface area contributed by atoms with E-state index in [1.54, 1.807) is 19.2 Å². The van der Waals surface area contributed by atoms with Crippen molar-refractivity contribution in [2.24, 2.45) is 7.05 Å². The molecule has 34 heavy (non-hydrogen) atoms. The first-order valence-corrected chi connectivity index (χ1v) is 10.7. The highest BCUT2D eigenvalue weighted by molar-refractivity contribution is 5.99. The van der Waals surface area contributed by atoms with E-state index >= 15 is 0 Å². The van der Waals surface area contributed by atoms with E-state index in [1.165, 1.54) is 10.9 Å². The zero-order valence-electron chi connectivity index (χ0n) is 18.4. The first-order chi connectivity index (χ1) is 16.1. The smallest absolute Gasteiger partial charge is 0.393 e. The Morgan fingerprint density at radius 2 is 2.09 bits per heavy atom. The molecule has 1 aliphatic heterocycles. The zero-order valence-corrected chi connectivity index (χ0v) is 18.4. The number of aliphatic hydroxyl groups is 1. The maximum atomic E-state index is 14.6. The Morgan fingerprint density at radius 1 is 1.29 bits per heavy atom. The summed E-state index contributed by atoms with van der Waals surface area (Å²) in [6.45, 7) is 0.973. The van der Waals surface area contributed by atoms with E-state index in [2.05, 4.69) is 25.4 Å². The minimum atomic E-state index is -4.53. The highest BCUT2D eigenvalue weighted by Crippen LogP contribution is 2.39. The van der Waals surface area contributed by atoms with Gasteiger partial charge in [-0.15, -0.1) is 0 Å². The molecule has 5 heterocycles. The lowest BCUT2D eigenvalue weighted by atomic mass is 9.99. The van der Waals surface area contributed by atoms with Gasteiger partial charge in [-0.25, -0.2) is 9.37 Å². The number of pyridine rings is 1. The lowest BCUT2D eigenvalue weighted by Gasteiger charge is -2.38. The van der Waals surface area contributed by atoms with E-state index in [4.69, 9.17) is 0 Å². The molecule has 0 aliphatic carbocycles. The summed E-state index contributed by atoms with van der Waals surface area (Å²) in [5.74, 6) is -0.604. The fourth-order valence-corrected chi connectivity index (χ4v) is 4.56. The van der Waals surface area contributed by atoms with Crippen molar-refractivity contribution in [2.75, 3.05) is 11.4 Å². The molecule has 5 rings (SSSR count). The summed E-state index contributed by atoms with van der Waals surface area (Å²) in [6.07, 6.45) is -1.62. The molecule has 2 N–H and O–H groups in total. The van der Waals surface area contributed by atoms with Crippen molar-refractivity contribution >= 4 is 16.7 Å². The van der Waals surface area contributed by atoms with Gasteiger partial charge in [0.05, 0.1) is 29.4 Å². The van der Waals surface area contributed by atoms with Crippen LogP contribution in [0.15, 0.2) is 24.5 Å². The van der Waals surface area contributed by atoms with Gasteiger partial charge in [0.1, 0.15) is 29.0 Å². The van der Waals surface area contributed by atoms with E-state index in [-0.39, 0.29) is 34.2 Å². The number of nitrogens with one attached hydrogen (secondary N) is 1. The quantitative estimate of drug-likeness (QED) is 0.437. The van der Waals surface area contributed by atoms with E-state index < -0.39 is 24.6 Å². The Morgan fingerprint density at radius 3 is 2.71 bits per heavy atom. The number of aliphatic hydroxyl groups excluding tert-OH is 1. The van der Waals surface area contributed by atoms with Crippen molar-refractivity contribution in [1.29, 1.82) is 0 Å². The van der Waals surface area contributed by atoms with Crippen LogP contribution in [0, 0.1) is 5.82 Å². The second-order valence-corrected chi connectivity index (χ2v) is 8.50. The van der Waals surface area contributed by atoms with Crippen LogP contribution >= 0.6 is 0 Å². The highest BCUT2D eigenvalue weighted by Gasteiger charge is 2.34. The molecule has 0 saturated carbocycles. The molecular weight excluding hydrogens is 456 g/mol. The zero-order chi connectivity index (χ0) is 24.2. The van der Waals surface area contributed by atoms with Crippen LogP contribution in [0.3, 0.4) is 0 Å². The number of H-pyrrole nitrogens is 1. The lowest BCUT2D eigenvalue weighted by Crippen LogP contribution is -2.43. The van der Waals surface area contributed by atoms with Crippen molar-refractivity contribution < 1.29 is 22.7 Å². The minimum absolute atomic E-state index is 0.104. The number of hydrogen-bond acceptors (Lipinski definition) is 6. The number of nitrogens with zero attached hydrogens (tertiary/aromatic N) is 7. The van der Waals surface area contributed by atoms with E-state index in [0.29, 0.717) is 30.8 Å². The normalized spacial score (nSPS) is 19.3. The standard InChI is InChI=1S/C21H22F4N8O/c1-11-7-12(34)4-6-32(11)16-8-15(19-13(22)9-27-31(19)2)28-18-17(14-3-5-26-29-14)30-33(20(16)18)10-21(23,24)25/h3,5,8-9,11-12,34H,4,6-7,10H2,1-2H3,(H,26,29)/t11-,12-/m1/s1. The Hall–Kier alpha value is -3.48. The third-order valence-corrected chi connectivity index (χ3v) is 6.06. The van der Waals surface area contributed by atoms with Gasteiger partial charge in [-0.3, -0.25) is 14.5 Å². The molecule has 1 fully saturated rings. The summed E-state index contributed by atoms with van der Waals surface area (Å²) in [5.41, 5.74) is 1.66. The van der Waals surface area contributed by atoms with Crippen LogP contribution in [0.1, 0.15) is 19.8 Å². The molecule has 0 aromatic carbocycles. The molecule has 0 bridgehead atoms. The summed E-state index contributed by atoms with van der Waals surface area (Å²) < 4.78 is 57.4. The second-order valence-electron chi connectivity index (χ2n) is 8.50. The molecule has 1 aliphatic rings. The van der Waals surface area contributed by atoms with Crippen LogP contribution in [0.2, 0.25) is 0 Å². The van der Waals surface area contributed by atoms with Gasteiger partial charge in [-0.2, -0.15) is 28.5 Å². The lowest BCUT2D eigenvalue weighted by molar-refractivity contribution is -0.141. The molecule has 9 nitrogen and oxygen atoms in total. The van der Waals surface area contributed by atoms with Gasteiger partial charge >= 0.3 is 6.18 Å².